The van der Waals surface area contributed by atoms with Crippen molar-refractivity contribution in [3.63, 3.8) is 0 Å². The van der Waals surface area contributed by atoms with Gasteiger partial charge in [-0.25, -0.2) is 4.79 Å². The molecule has 2 fully saturated rings. The fourth-order valence-electron chi connectivity index (χ4n) is 3.13. The van der Waals surface area contributed by atoms with Crippen LogP contribution in [0.2, 0.25) is 0 Å². The van der Waals surface area contributed by atoms with Crippen LogP contribution in [0, 0.1) is 11.8 Å². The zero-order chi connectivity index (χ0) is 12.3. The fraction of sp³-hybridized carbons (Fsp3) is 0.923. The first kappa shape index (κ1) is 13.1. The molecular weight excluding hydrogens is 232 g/mol. The summed E-state index contributed by atoms with van der Waals surface area (Å²) in [6, 6.07) is 0.498. The van der Waals surface area contributed by atoms with E-state index in [-0.39, 0.29) is 6.03 Å². The summed E-state index contributed by atoms with van der Waals surface area (Å²) in [5, 5.41) is 3.16. The summed E-state index contributed by atoms with van der Waals surface area (Å²) in [5.41, 5.74) is 0. The molecule has 1 heterocycles. The van der Waals surface area contributed by atoms with Crippen LogP contribution in [0.5, 0.6) is 0 Å². The zero-order valence-electron chi connectivity index (χ0n) is 10.9. The largest absolute Gasteiger partial charge is 0.334 e. The molecule has 2 rings (SSSR count). The number of hydrogen-bond donors (Lipinski definition) is 1. The Morgan fingerprint density at radius 1 is 1.41 bits per heavy atom. The van der Waals surface area contributed by atoms with Crippen molar-refractivity contribution in [2.45, 2.75) is 38.6 Å². The maximum absolute atomic E-state index is 12.1. The number of hydrogen-bond acceptors (Lipinski definition) is 2. The van der Waals surface area contributed by atoms with Crippen LogP contribution < -0.4 is 5.32 Å². The summed E-state index contributed by atoms with van der Waals surface area (Å²) >= 11 is 1.80. The van der Waals surface area contributed by atoms with Gasteiger partial charge in [-0.15, -0.1) is 0 Å². The number of thioether (sulfide) groups is 1. The second kappa shape index (κ2) is 5.98. The lowest BCUT2D eigenvalue weighted by Crippen LogP contribution is -2.45. The van der Waals surface area contributed by atoms with E-state index < -0.39 is 0 Å². The number of rotatable bonds is 4. The van der Waals surface area contributed by atoms with Crippen LogP contribution in [-0.4, -0.2) is 42.1 Å². The van der Waals surface area contributed by atoms with Crippen LogP contribution in [0.15, 0.2) is 0 Å². The maximum Gasteiger partial charge on any atom is 0.317 e. The molecule has 2 aliphatic rings. The molecule has 0 aromatic carbocycles. The number of fused-ring (bicyclic) bond motifs is 1. The van der Waals surface area contributed by atoms with E-state index in [0.717, 1.165) is 37.1 Å². The molecule has 0 spiro atoms. The fourth-order valence-corrected chi connectivity index (χ4v) is 3.85. The zero-order valence-corrected chi connectivity index (χ0v) is 11.8. The van der Waals surface area contributed by atoms with E-state index >= 15 is 0 Å². The van der Waals surface area contributed by atoms with Gasteiger partial charge < -0.3 is 10.2 Å². The molecule has 1 aliphatic carbocycles. The van der Waals surface area contributed by atoms with Crippen LogP contribution in [0.4, 0.5) is 4.79 Å². The minimum atomic E-state index is 0.167. The molecule has 1 saturated heterocycles. The molecule has 0 bridgehead atoms. The summed E-state index contributed by atoms with van der Waals surface area (Å²) in [4.78, 5) is 14.2. The number of amides is 2. The highest BCUT2D eigenvalue weighted by Gasteiger charge is 2.38. The molecule has 0 unspecified atom stereocenters. The van der Waals surface area contributed by atoms with Gasteiger partial charge in [-0.05, 0) is 37.4 Å². The van der Waals surface area contributed by atoms with Crippen LogP contribution >= 0.6 is 11.8 Å². The van der Waals surface area contributed by atoms with Crippen molar-refractivity contribution in [1.82, 2.24) is 10.2 Å². The number of nitrogens with zero attached hydrogens (tertiary/aromatic N) is 1. The number of carbonyl (C=O) groups excluding carboxylic acids is 1. The molecule has 0 aromatic heterocycles. The van der Waals surface area contributed by atoms with E-state index in [4.69, 9.17) is 0 Å². The Bertz CT molecular complexity index is 260. The van der Waals surface area contributed by atoms with Gasteiger partial charge in [-0.1, -0.05) is 13.3 Å². The summed E-state index contributed by atoms with van der Waals surface area (Å²) in [7, 11) is 0. The van der Waals surface area contributed by atoms with Gasteiger partial charge in [-0.3, -0.25) is 0 Å². The van der Waals surface area contributed by atoms with E-state index in [2.05, 4.69) is 18.5 Å². The molecule has 1 saturated carbocycles. The van der Waals surface area contributed by atoms with Gasteiger partial charge in [0, 0.05) is 24.9 Å². The standard InChI is InChI=1S/C13H24N2OS/c1-3-12(9-17-2)14-13(16)15-7-10-5-4-6-11(10)8-15/h10-12H,3-9H2,1-2H3,(H,14,16)/t10-,11-,12+/m0/s1. The number of urea groups is 1. The van der Waals surface area contributed by atoms with Gasteiger partial charge in [0.2, 0.25) is 0 Å². The molecule has 1 N–H and O–H groups in total. The van der Waals surface area contributed by atoms with Crippen LogP contribution in [0.25, 0.3) is 0 Å². The van der Waals surface area contributed by atoms with Crippen LogP contribution in [-0.2, 0) is 0 Å². The number of carbonyl (C=O) groups is 1. The number of nitrogens with one attached hydrogen (secondary N) is 1. The van der Waals surface area contributed by atoms with E-state index in [1.54, 1.807) is 11.8 Å². The van der Waals surface area contributed by atoms with Crippen LogP contribution in [0.3, 0.4) is 0 Å². The van der Waals surface area contributed by atoms with Crippen molar-refractivity contribution in [2.75, 3.05) is 25.1 Å². The highest BCUT2D eigenvalue weighted by Crippen LogP contribution is 2.37. The lowest BCUT2D eigenvalue weighted by Gasteiger charge is -2.22. The second-order valence-corrected chi connectivity index (χ2v) is 6.28. The lowest BCUT2D eigenvalue weighted by atomic mass is 10.0. The monoisotopic (exact) mass is 256 g/mol. The average Bonchev–Trinajstić information content (AvgIpc) is 2.88. The minimum absolute atomic E-state index is 0.167. The Hall–Kier alpha value is -0.380. The van der Waals surface area contributed by atoms with Gasteiger partial charge in [0.15, 0.2) is 0 Å². The van der Waals surface area contributed by atoms with Crippen molar-refractivity contribution < 1.29 is 4.79 Å². The molecule has 1 aliphatic heterocycles. The Kier molecular flexibility index (Phi) is 4.60. The lowest BCUT2D eigenvalue weighted by molar-refractivity contribution is 0.201. The summed E-state index contributed by atoms with van der Waals surface area (Å²) < 4.78 is 0. The van der Waals surface area contributed by atoms with Crippen molar-refractivity contribution in [1.29, 1.82) is 0 Å². The first-order chi connectivity index (χ1) is 8.24. The van der Waals surface area contributed by atoms with E-state index in [9.17, 15) is 4.79 Å². The Labute approximate surface area is 109 Å². The molecule has 17 heavy (non-hydrogen) atoms. The van der Waals surface area contributed by atoms with Crippen molar-refractivity contribution in [3.8, 4) is 0 Å². The van der Waals surface area contributed by atoms with Gasteiger partial charge in [0.1, 0.15) is 0 Å². The topological polar surface area (TPSA) is 32.3 Å². The van der Waals surface area contributed by atoms with E-state index in [1.807, 2.05) is 4.90 Å². The molecule has 2 amide bonds. The molecule has 4 heteroatoms. The minimum Gasteiger partial charge on any atom is -0.334 e. The molecule has 3 atom stereocenters. The summed E-state index contributed by atoms with van der Waals surface area (Å²) in [6.07, 6.45) is 7.14. The van der Waals surface area contributed by atoms with Crippen molar-refractivity contribution in [3.05, 3.63) is 0 Å². The van der Waals surface area contributed by atoms with E-state index in [1.165, 1.54) is 19.3 Å². The maximum atomic E-state index is 12.1. The predicted molar refractivity (Wildman–Crippen MR) is 73.4 cm³/mol. The number of likely N-dealkylation sites (tertiary alicyclic amines) is 1. The molecule has 98 valence electrons. The SMILES string of the molecule is CC[C@H](CSC)NC(=O)N1C[C@@H]2CCC[C@H]2C1. The van der Waals surface area contributed by atoms with E-state index in [0.29, 0.717) is 6.04 Å². The molecule has 0 radical (unpaired) electrons. The Balaban J connectivity index is 1.80. The van der Waals surface area contributed by atoms with Crippen LogP contribution in [0.1, 0.15) is 32.6 Å². The smallest absolute Gasteiger partial charge is 0.317 e. The average molecular weight is 256 g/mol. The van der Waals surface area contributed by atoms with Crippen molar-refractivity contribution >= 4 is 17.8 Å². The Morgan fingerprint density at radius 3 is 2.59 bits per heavy atom. The first-order valence-corrected chi connectivity index (χ1v) is 8.18. The van der Waals surface area contributed by atoms with Gasteiger partial charge in [0.25, 0.3) is 0 Å². The quantitative estimate of drug-likeness (QED) is 0.838. The Morgan fingerprint density at radius 2 is 2.06 bits per heavy atom. The summed E-state index contributed by atoms with van der Waals surface area (Å²) in [5.74, 6) is 2.60. The first-order valence-electron chi connectivity index (χ1n) is 6.79. The highest BCUT2D eigenvalue weighted by atomic mass is 32.2. The third-order valence-electron chi connectivity index (χ3n) is 4.20. The molecule has 3 nitrogen and oxygen atoms in total. The highest BCUT2D eigenvalue weighted by molar-refractivity contribution is 7.98. The van der Waals surface area contributed by atoms with Gasteiger partial charge in [0.05, 0.1) is 0 Å². The second-order valence-electron chi connectivity index (χ2n) is 5.37. The molecule has 0 aromatic rings. The third kappa shape index (κ3) is 3.09. The normalized spacial score (nSPS) is 29.2. The molecular formula is C13H24N2OS. The predicted octanol–water partition coefficient (Wildman–Crippen LogP) is 2.57. The van der Waals surface area contributed by atoms with Gasteiger partial charge >= 0.3 is 6.03 Å². The summed E-state index contributed by atoms with van der Waals surface area (Å²) in [6.45, 7) is 4.12. The van der Waals surface area contributed by atoms with Gasteiger partial charge in [-0.2, -0.15) is 11.8 Å². The third-order valence-corrected chi connectivity index (χ3v) is 4.94. The van der Waals surface area contributed by atoms with Crippen molar-refractivity contribution in [2.24, 2.45) is 11.8 Å².